The van der Waals surface area contributed by atoms with E-state index in [-0.39, 0.29) is 5.91 Å². The van der Waals surface area contributed by atoms with Gasteiger partial charge in [-0.05, 0) is 37.5 Å². The number of anilines is 1. The molecule has 1 aromatic carbocycles. The average Bonchev–Trinajstić information content (AvgIpc) is 2.31. The van der Waals surface area contributed by atoms with Gasteiger partial charge in [0.05, 0.1) is 5.69 Å². The summed E-state index contributed by atoms with van der Waals surface area (Å²) in [6.07, 6.45) is 2.87. The Morgan fingerprint density at radius 1 is 1.50 bits per heavy atom. The van der Waals surface area contributed by atoms with Crippen LogP contribution in [-0.2, 0) is 11.2 Å². The van der Waals surface area contributed by atoms with E-state index in [2.05, 4.69) is 34.2 Å². The lowest BCUT2D eigenvalue weighted by atomic mass is 10.1. The van der Waals surface area contributed by atoms with Crippen LogP contribution < -0.4 is 10.1 Å². The van der Waals surface area contributed by atoms with Crippen molar-refractivity contribution in [1.29, 1.82) is 0 Å². The molecular formula is C14H18BrNO2. The van der Waals surface area contributed by atoms with Crippen LogP contribution in [0.25, 0.3) is 0 Å². The Kier molecular flexibility index (Phi) is 4.27. The van der Waals surface area contributed by atoms with Gasteiger partial charge in [0.1, 0.15) is 5.75 Å². The molecule has 3 nitrogen and oxygen atoms in total. The number of hydrogen-bond acceptors (Lipinski definition) is 2. The lowest BCUT2D eigenvalue weighted by Crippen LogP contribution is -2.34. The molecular weight excluding hydrogens is 294 g/mol. The Morgan fingerprint density at radius 3 is 3.00 bits per heavy atom. The number of alkyl halides is 1. The van der Waals surface area contributed by atoms with E-state index in [1.165, 1.54) is 5.56 Å². The smallest absolute Gasteiger partial charge is 0.265 e. The number of rotatable bonds is 4. The minimum absolute atomic E-state index is 0.0800. The van der Waals surface area contributed by atoms with E-state index < -0.39 is 6.10 Å². The zero-order chi connectivity index (χ0) is 13.1. The first-order valence-electron chi connectivity index (χ1n) is 6.34. The summed E-state index contributed by atoms with van der Waals surface area (Å²) in [6, 6.07) is 6.00. The van der Waals surface area contributed by atoms with E-state index in [1.54, 1.807) is 6.92 Å². The van der Waals surface area contributed by atoms with E-state index in [1.807, 2.05) is 12.1 Å². The Labute approximate surface area is 116 Å². The summed E-state index contributed by atoms with van der Waals surface area (Å²) in [5, 5.41) is 2.88. The Morgan fingerprint density at radius 2 is 2.28 bits per heavy atom. The van der Waals surface area contributed by atoms with Crippen LogP contribution in [0.3, 0.4) is 0 Å². The van der Waals surface area contributed by atoms with Crippen LogP contribution in [0.5, 0.6) is 5.75 Å². The molecule has 1 N–H and O–H groups in total. The molecule has 4 heteroatoms. The van der Waals surface area contributed by atoms with Crippen molar-refractivity contribution in [2.45, 2.75) is 44.0 Å². The lowest BCUT2D eigenvalue weighted by molar-refractivity contribution is -0.122. The predicted molar refractivity (Wildman–Crippen MR) is 76.5 cm³/mol. The first-order valence-corrected chi connectivity index (χ1v) is 7.26. The van der Waals surface area contributed by atoms with Crippen LogP contribution in [0.15, 0.2) is 18.2 Å². The van der Waals surface area contributed by atoms with Gasteiger partial charge in [-0.1, -0.05) is 35.3 Å². The third kappa shape index (κ3) is 3.05. The summed E-state index contributed by atoms with van der Waals surface area (Å²) in [5.74, 6) is 0.677. The van der Waals surface area contributed by atoms with Crippen molar-refractivity contribution < 1.29 is 9.53 Å². The Bertz CT molecular complexity index is 447. The van der Waals surface area contributed by atoms with Gasteiger partial charge < -0.3 is 10.1 Å². The molecule has 1 aliphatic rings. The Hall–Kier alpha value is -1.03. The second-order valence-electron chi connectivity index (χ2n) is 4.67. The quantitative estimate of drug-likeness (QED) is 0.864. The number of fused-ring (bicyclic) bond motifs is 1. The van der Waals surface area contributed by atoms with Crippen LogP contribution >= 0.6 is 15.9 Å². The van der Waals surface area contributed by atoms with Crippen LogP contribution in [0.1, 0.15) is 32.3 Å². The zero-order valence-corrected chi connectivity index (χ0v) is 12.3. The maximum absolute atomic E-state index is 11.5. The van der Waals surface area contributed by atoms with Crippen molar-refractivity contribution in [2.75, 3.05) is 5.32 Å². The van der Waals surface area contributed by atoms with Crippen molar-refractivity contribution in [2.24, 2.45) is 0 Å². The first kappa shape index (κ1) is 13.4. The molecule has 0 saturated heterocycles. The summed E-state index contributed by atoms with van der Waals surface area (Å²) in [6.45, 7) is 3.93. The van der Waals surface area contributed by atoms with Gasteiger partial charge in [-0.15, -0.1) is 0 Å². The van der Waals surface area contributed by atoms with E-state index in [0.717, 1.165) is 30.7 Å². The van der Waals surface area contributed by atoms with Crippen LogP contribution in [-0.4, -0.2) is 16.8 Å². The summed E-state index contributed by atoms with van der Waals surface area (Å²) in [7, 11) is 0. The Balaban J connectivity index is 2.12. The molecule has 0 aromatic heterocycles. The minimum Gasteiger partial charge on any atom is -0.479 e. The van der Waals surface area contributed by atoms with Gasteiger partial charge in [0.2, 0.25) is 0 Å². The van der Waals surface area contributed by atoms with Crippen molar-refractivity contribution in [3.63, 3.8) is 0 Å². The molecule has 98 valence electrons. The summed E-state index contributed by atoms with van der Waals surface area (Å²) < 4.78 is 5.53. The molecule has 1 amide bonds. The number of ether oxygens (including phenoxy) is 1. The summed E-state index contributed by atoms with van der Waals surface area (Å²) in [4.78, 5) is 12.0. The van der Waals surface area contributed by atoms with Crippen molar-refractivity contribution in [1.82, 2.24) is 0 Å². The maximum Gasteiger partial charge on any atom is 0.265 e. The lowest BCUT2D eigenvalue weighted by Gasteiger charge is -2.24. The highest BCUT2D eigenvalue weighted by atomic mass is 79.9. The van der Waals surface area contributed by atoms with Gasteiger partial charge in [-0.3, -0.25) is 4.79 Å². The number of benzene rings is 1. The average molecular weight is 312 g/mol. The molecule has 0 spiro atoms. The molecule has 0 aliphatic carbocycles. The van der Waals surface area contributed by atoms with E-state index in [4.69, 9.17) is 4.74 Å². The molecule has 18 heavy (non-hydrogen) atoms. The third-order valence-corrected chi connectivity index (χ3v) is 3.82. The molecule has 2 atom stereocenters. The van der Waals surface area contributed by atoms with Gasteiger partial charge in [0.25, 0.3) is 5.91 Å². The van der Waals surface area contributed by atoms with Crippen LogP contribution in [0.4, 0.5) is 5.69 Å². The molecule has 0 fully saturated rings. The second-order valence-corrected chi connectivity index (χ2v) is 5.96. The van der Waals surface area contributed by atoms with Crippen molar-refractivity contribution in [3.8, 4) is 5.75 Å². The first-order chi connectivity index (χ1) is 8.60. The fourth-order valence-electron chi connectivity index (χ4n) is 2.05. The SMILES string of the molecule is CCCC(Br)Cc1ccc2c(c1)NC(=O)C(C)O2. The largest absolute Gasteiger partial charge is 0.479 e. The molecule has 0 radical (unpaired) electrons. The van der Waals surface area contributed by atoms with Gasteiger partial charge in [0.15, 0.2) is 6.10 Å². The van der Waals surface area contributed by atoms with Crippen molar-refractivity contribution in [3.05, 3.63) is 23.8 Å². The fraction of sp³-hybridized carbons (Fsp3) is 0.500. The summed E-state index contributed by atoms with van der Waals surface area (Å²) >= 11 is 3.67. The van der Waals surface area contributed by atoms with E-state index in [9.17, 15) is 4.79 Å². The van der Waals surface area contributed by atoms with E-state index >= 15 is 0 Å². The normalized spacial score (nSPS) is 19.7. The van der Waals surface area contributed by atoms with Gasteiger partial charge in [-0.25, -0.2) is 0 Å². The molecule has 0 saturated carbocycles. The van der Waals surface area contributed by atoms with Gasteiger partial charge in [0, 0.05) is 4.83 Å². The zero-order valence-electron chi connectivity index (χ0n) is 10.7. The molecule has 0 bridgehead atoms. The third-order valence-electron chi connectivity index (χ3n) is 3.03. The minimum atomic E-state index is -0.410. The molecule has 2 unspecified atom stereocenters. The topological polar surface area (TPSA) is 38.3 Å². The highest BCUT2D eigenvalue weighted by Gasteiger charge is 2.23. The number of carbonyl (C=O) groups excluding carboxylic acids is 1. The van der Waals surface area contributed by atoms with Gasteiger partial charge in [-0.2, -0.15) is 0 Å². The van der Waals surface area contributed by atoms with Crippen LogP contribution in [0, 0.1) is 0 Å². The predicted octanol–water partition coefficient (Wildman–Crippen LogP) is 3.51. The molecule has 1 heterocycles. The fourth-order valence-corrected chi connectivity index (χ4v) is 2.89. The maximum atomic E-state index is 11.5. The summed E-state index contributed by atoms with van der Waals surface area (Å²) in [5.41, 5.74) is 1.99. The second kappa shape index (κ2) is 5.74. The molecule has 1 aliphatic heterocycles. The number of halogens is 1. The standard InChI is InChI=1S/C14H18BrNO2/c1-3-4-11(15)7-10-5-6-13-12(8-10)16-14(17)9(2)18-13/h5-6,8-9,11H,3-4,7H2,1-2H3,(H,16,17). The molecule has 2 rings (SSSR count). The monoisotopic (exact) mass is 311 g/mol. The van der Waals surface area contributed by atoms with Gasteiger partial charge >= 0.3 is 0 Å². The molecule has 1 aromatic rings. The highest BCUT2D eigenvalue weighted by Crippen LogP contribution is 2.31. The number of amides is 1. The van der Waals surface area contributed by atoms with E-state index in [0.29, 0.717) is 4.83 Å². The number of carbonyl (C=O) groups is 1. The number of nitrogens with one attached hydrogen (secondary N) is 1. The van der Waals surface area contributed by atoms with Crippen molar-refractivity contribution >= 4 is 27.5 Å². The highest BCUT2D eigenvalue weighted by molar-refractivity contribution is 9.09. The van der Waals surface area contributed by atoms with Crippen LogP contribution in [0.2, 0.25) is 0 Å². The number of hydrogen-bond donors (Lipinski definition) is 1.